The molecule has 1 aromatic carbocycles. The fraction of sp³-hybridized carbons (Fsp3) is 0.235. The molecule has 0 radical (unpaired) electrons. The zero-order valence-corrected chi connectivity index (χ0v) is 15.0. The monoisotopic (exact) mass is 363 g/mol. The maximum atomic E-state index is 13.0. The van der Waals surface area contributed by atoms with Gasteiger partial charge in [0.15, 0.2) is 0 Å². The average Bonchev–Trinajstić information content (AvgIpc) is 2.97. The number of imidazole rings is 1. The topological polar surface area (TPSA) is 54.7 Å². The van der Waals surface area contributed by atoms with Gasteiger partial charge in [-0.15, -0.1) is 0 Å². The van der Waals surface area contributed by atoms with Crippen LogP contribution in [0.4, 0.5) is 0 Å². The summed E-state index contributed by atoms with van der Waals surface area (Å²) in [5, 5.41) is 0.407. The number of hydrogen-bond acceptors (Lipinski definition) is 3. The highest BCUT2D eigenvalue weighted by molar-refractivity contribution is 7.89. The maximum absolute atomic E-state index is 13.0. The normalized spacial score (nSPS) is 12.2. The molecule has 0 bridgehead atoms. The minimum atomic E-state index is -3.64. The molecule has 3 aromatic rings. The first-order valence-electron chi connectivity index (χ1n) is 7.60. The molecule has 3 rings (SSSR count). The Kier molecular flexibility index (Phi) is 4.62. The molecule has 2 aromatic heterocycles. The van der Waals surface area contributed by atoms with Gasteiger partial charge in [0, 0.05) is 17.8 Å². The summed E-state index contributed by atoms with van der Waals surface area (Å²) in [4.78, 5) is 4.55. The molecule has 0 saturated carbocycles. The Balaban J connectivity index is 2.00. The SMILES string of the molecule is CCN(Cc1cnc2ccccn12)S(=O)(=O)c1cc(Cl)ccc1C. The number of halogens is 1. The van der Waals surface area contributed by atoms with Crippen LogP contribution in [0.1, 0.15) is 18.2 Å². The summed E-state index contributed by atoms with van der Waals surface area (Å²) in [6.45, 7) is 4.19. The highest BCUT2D eigenvalue weighted by atomic mass is 35.5. The van der Waals surface area contributed by atoms with Crippen LogP contribution in [-0.2, 0) is 16.6 Å². The van der Waals surface area contributed by atoms with Gasteiger partial charge >= 0.3 is 0 Å². The highest BCUT2D eigenvalue weighted by Gasteiger charge is 2.26. The molecule has 0 amide bonds. The van der Waals surface area contributed by atoms with Crippen molar-refractivity contribution in [1.82, 2.24) is 13.7 Å². The Morgan fingerprint density at radius 3 is 2.79 bits per heavy atom. The molecule has 0 aliphatic carbocycles. The number of fused-ring (bicyclic) bond motifs is 1. The van der Waals surface area contributed by atoms with Crippen molar-refractivity contribution in [3.05, 3.63) is 65.1 Å². The molecule has 0 atom stereocenters. The summed E-state index contributed by atoms with van der Waals surface area (Å²) in [5.74, 6) is 0. The van der Waals surface area contributed by atoms with Crippen LogP contribution in [0.5, 0.6) is 0 Å². The lowest BCUT2D eigenvalue weighted by Crippen LogP contribution is -2.31. The van der Waals surface area contributed by atoms with Crippen molar-refractivity contribution in [2.24, 2.45) is 0 Å². The summed E-state index contributed by atoms with van der Waals surface area (Å²) < 4.78 is 29.4. The van der Waals surface area contributed by atoms with E-state index in [2.05, 4.69) is 4.98 Å². The number of pyridine rings is 1. The standard InChI is InChI=1S/C17H18ClN3O2S/c1-3-20(12-15-11-19-17-6-4-5-9-21(15)17)24(22,23)16-10-14(18)8-7-13(16)2/h4-11H,3,12H2,1-2H3. The van der Waals surface area contributed by atoms with Crippen LogP contribution in [0.2, 0.25) is 5.02 Å². The summed E-state index contributed by atoms with van der Waals surface area (Å²) in [5.41, 5.74) is 2.28. The van der Waals surface area contributed by atoms with E-state index in [0.717, 1.165) is 11.3 Å². The largest absolute Gasteiger partial charge is 0.303 e. The molecule has 126 valence electrons. The lowest BCUT2D eigenvalue weighted by atomic mass is 10.2. The molecule has 0 aliphatic heterocycles. The number of aryl methyl sites for hydroxylation is 1. The quantitative estimate of drug-likeness (QED) is 0.697. The number of sulfonamides is 1. The van der Waals surface area contributed by atoms with Gasteiger partial charge in [-0.2, -0.15) is 4.31 Å². The highest BCUT2D eigenvalue weighted by Crippen LogP contribution is 2.25. The Bertz CT molecular complexity index is 982. The van der Waals surface area contributed by atoms with Gasteiger partial charge in [-0.25, -0.2) is 13.4 Å². The molecule has 0 aliphatic rings. The van der Waals surface area contributed by atoms with Crippen molar-refractivity contribution in [3.63, 3.8) is 0 Å². The average molecular weight is 364 g/mol. The van der Waals surface area contributed by atoms with E-state index >= 15 is 0 Å². The zero-order chi connectivity index (χ0) is 17.3. The van der Waals surface area contributed by atoms with E-state index in [-0.39, 0.29) is 11.4 Å². The number of nitrogens with zero attached hydrogens (tertiary/aromatic N) is 3. The third-order valence-electron chi connectivity index (χ3n) is 3.95. The van der Waals surface area contributed by atoms with Gasteiger partial charge in [0.1, 0.15) is 5.65 Å². The second-order valence-corrected chi connectivity index (χ2v) is 7.86. The first-order chi connectivity index (χ1) is 11.4. The minimum Gasteiger partial charge on any atom is -0.303 e. The fourth-order valence-corrected chi connectivity index (χ4v) is 4.55. The van der Waals surface area contributed by atoms with E-state index in [0.29, 0.717) is 17.1 Å². The first kappa shape index (κ1) is 17.0. The Morgan fingerprint density at radius 1 is 1.25 bits per heavy atom. The van der Waals surface area contributed by atoms with Crippen molar-refractivity contribution in [2.75, 3.05) is 6.54 Å². The van der Waals surface area contributed by atoms with Crippen LogP contribution in [0.15, 0.2) is 53.7 Å². The molecule has 24 heavy (non-hydrogen) atoms. The van der Waals surface area contributed by atoms with Gasteiger partial charge in [0.25, 0.3) is 0 Å². The van der Waals surface area contributed by atoms with E-state index in [1.54, 1.807) is 25.3 Å². The van der Waals surface area contributed by atoms with E-state index in [1.807, 2.05) is 35.7 Å². The fourth-order valence-electron chi connectivity index (χ4n) is 2.64. The van der Waals surface area contributed by atoms with Crippen LogP contribution in [-0.4, -0.2) is 28.7 Å². The van der Waals surface area contributed by atoms with Gasteiger partial charge in [-0.1, -0.05) is 30.7 Å². The number of rotatable bonds is 5. The first-order valence-corrected chi connectivity index (χ1v) is 9.42. The molecule has 2 heterocycles. The van der Waals surface area contributed by atoms with Crippen molar-refractivity contribution < 1.29 is 8.42 Å². The Labute approximate surface area is 146 Å². The van der Waals surface area contributed by atoms with Crippen LogP contribution in [0.3, 0.4) is 0 Å². The van der Waals surface area contributed by atoms with Crippen LogP contribution < -0.4 is 0 Å². The lowest BCUT2D eigenvalue weighted by molar-refractivity contribution is 0.417. The van der Waals surface area contributed by atoms with Gasteiger partial charge in [0.05, 0.1) is 23.3 Å². The van der Waals surface area contributed by atoms with E-state index < -0.39 is 10.0 Å². The summed E-state index contributed by atoms with van der Waals surface area (Å²) in [6.07, 6.45) is 3.58. The van der Waals surface area contributed by atoms with Crippen LogP contribution >= 0.6 is 11.6 Å². The second kappa shape index (κ2) is 6.55. The Hall–Kier alpha value is -1.89. The number of aromatic nitrogens is 2. The predicted molar refractivity (Wildman–Crippen MR) is 94.7 cm³/mol. The molecule has 0 N–H and O–H groups in total. The van der Waals surface area contributed by atoms with Gasteiger partial charge < -0.3 is 4.40 Å². The molecule has 5 nitrogen and oxygen atoms in total. The third kappa shape index (κ3) is 3.05. The maximum Gasteiger partial charge on any atom is 0.243 e. The number of benzene rings is 1. The van der Waals surface area contributed by atoms with Crippen LogP contribution in [0, 0.1) is 6.92 Å². The zero-order valence-electron chi connectivity index (χ0n) is 13.5. The van der Waals surface area contributed by atoms with Crippen molar-refractivity contribution in [2.45, 2.75) is 25.3 Å². The van der Waals surface area contributed by atoms with Gasteiger partial charge in [-0.3, -0.25) is 0 Å². The molecule has 0 unspecified atom stereocenters. The molecule has 0 saturated heterocycles. The Morgan fingerprint density at radius 2 is 2.04 bits per heavy atom. The molecule has 7 heteroatoms. The van der Waals surface area contributed by atoms with Crippen molar-refractivity contribution in [3.8, 4) is 0 Å². The molecular formula is C17H18ClN3O2S. The molecular weight excluding hydrogens is 346 g/mol. The predicted octanol–water partition coefficient (Wildman–Crippen LogP) is 3.51. The molecule has 0 fully saturated rings. The van der Waals surface area contributed by atoms with Gasteiger partial charge in [-0.05, 0) is 36.8 Å². The summed E-state index contributed by atoms with van der Waals surface area (Å²) >= 11 is 5.99. The number of hydrogen-bond donors (Lipinski definition) is 0. The second-order valence-electron chi connectivity index (χ2n) is 5.52. The van der Waals surface area contributed by atoms with E-state index in [1.165, 1.54) is 10.4 Å². The van der Waals surface area contributed by atoms with Crippen molar-refractivity contribution in [1.29, 1.82) is 0 Å². The van der Waals surface area contributed by atoms with Crippen molar-refractivity contribution >= 4 is 27.3 Å². The molecule has 0 spiro atoms. The van der Waals surface area contributed by atoms with E-state index in [9.17, 15) is 8.42 Å². The summed E-state index contributed by atoms with van der Waals surface area (Å²) in [7, 11) is -3.64. The minimum absolute atomic E-state index is 0.241. The smallest absolute Gasteiger partial charge is 0.243 e. The van der Waals surface area contributed by atoms with E-state index in [4.69, 9.17) is 11.6 Å². The van der Waals surface area contributed by atoms with Gasteiger partial charge in [0.2, 0.25) is 10.0 Å². The summed E-state index contributed by atoms with van der Waals surface area (Å²) in [6, 6.07) is 10.6. The van der Waals surface area contributed by atoms with Crippen LogP contribution in [0.25, 0.3) is 5.65 Å². The lowest BCUT2D eigenvalue weighted by Gasteiger charge is -2.21. The third-order valence-corrected chi connectivity index (χ3v) is 6.25.